The van der Waals surface area contributed by atoms with Crippen molar-refractivity contribution in [1.29, 1.82) is 0 Å². The molecule has 18 heavy (non-hydrogen) atoms. The zero-order chi connectivity index (χ0) is 13.1. The number of H-pyrrole nitrogens is 1. The molecule has 2 rings (SSSR count). The van der Waals surface area contributed by atoms with Crippen molar-refractivity contribution in [3.63, 3.8) is 0 Å². The van der Waals surface area contributed by atoms with E-state index < -0.39 is 16.2 Å². The normalized spacial score (nSPS) is 10.1. The summed E-state index contributed by atoms with van der Waals surface area (Å²) in [6.07, 6.45) is 2.69. The Morgan fingerprint density at radius 3 is 2.78 bits per heavy atom. The zero-order valence-electron chi connectivity index (χ0n) is 9.38. The second-order valence-corrected chi connectivity index (χ2v) is 3.53. The number of hydrogen-bond donors (Lipinski definition) is 2. The van der Waals surface area contributed by atoms with E-state index >= 15 is 0 Å². The second kappa shape index (κ2) is 4.62. The van der Waals surface area contributed by atoms with Crippen molar-refractivity contribution in [1.82, 2.24) is 15.0 Å². The molecule has 0 aliphatic carbocycles. The molecular formula is C10H9N5O3. The Labute approximate surface area is 101 Å². The number of nitro groups is 1. The van der Waals surface area contributed by atoms with E-state index in [2.05, 4.69) is 20.3 Å². The largest absolute Gasteiger partial charge is 0.376 e. The fourth-order valence-corrected chi connectivity index (χ4v) is 1.32. The third-order valence-corrected chi connectivity index (χ3v) is 2.17. The Morgan fingerprint density at radius 2 is 2.17 bits per heavy atom. The van der Waals surface area contributed by atoms with Gasteiger partial charge in [0.2, 0.25) is 5.82 Å². The van der Waals surface area contributed by atoms with Gasteiger partial charge in [-0.3, -0.25) is 14.9 Å². The molecule has 8 heteroatoms. The van der Waals surface area contributed by atoms with Crippen molar-refractivity contribution >= 4 is 17.3 Å². The molecule has 92 valence electrons. The molecular weight excluding hydrogens is 238 g/mol. The molecule has 2 heterocycles. The molecule has 2 N–H and O–H groups in total. The molecule has 0 aromatic carbocycles. The van der Waals surface area contributed by atoms with Crippen LogP contribution in [0.2, 0.25) is 0 Å². The lowest BCUT2D eigenvalue weighted by molar-refractivity contribution is -0.385. The molecule has 0 bridgehead atoms. The summed E-state index contributed by atoms with van der Waals surface area (Å²) in [6.45, 7) is 1.87. The van der Waals surface area contributed by atoms with Gasteiger partial charge < -0.3 is 10.3 Å². The molecule has 2 aromatic heterocycles. The van der Waals surface area contributed by atoms with E-state index in [9.17, 15) is 14.9 Å². The predicted molar refractivity (Wildman–Crippen MR) is 63.8 cm³/mol. The van der Waals surface area contributed by atoms with Gasteiger partial charge in [-0.2, -0.15) is 0 Å². The summed E-state index contributed by atoms with van der Waals surface area (Å²) in [5.74, 6) is 0.238. The molecule has 0 radical (unpaired) electrons. The molecule has 0 aliphatic heterocycles. The Morgan fingerprint density at radius 1 is 1.39 bits per heavy atom. The fraction of sp³-hybridized carbons (Fsp3) is 0.100. The number of nitrogens with zero attached hydrogens (tertiary/aromatic N) is 3. The lowest BCUT2D eigenvalue weighted by Gasteiger charge is -2.04. The molecule has 2 aromatic rings. The summed E-state index contributed by atoms with van der Waals surface area (Å²) in [4.78, 5) is 31.2. The summed E-state index contributed by atoms with van der Waals surface area (Å²) in [5.41, 5.74) is -0.501. The van der Waals surface area contributed by atoms with Crippen molar-refractivity contribution < 1.29 is 4.92 Å². The Kier molecular flexibility index (Phi) is 3.00. The SMILES string of the molecule is Cc1ccc(Nc2nc[nH]c(=O)c2[N+](=O)[O-])nc1. The monoisotopic (exact) mass is 247 g/mol. The van der Waals surface area contributed by atoms with Crippen LogP contribution in [0, 0.1) is 17.0 Å². The predicted octanol–water partition coefficient (Wildman–Crippen LogP) is 1.13. The van der Waals surface area contributed by atoms with E-state index in [4.69, 9.17) is 0 Å². The highest BCUT2D eigenvalue weighted by atomic mass is 16.6. The standard InChI is InChI=1S/C10H9N5O3/c1-6-2-3-7(11-4-6)14-9-8(15(17)18)10(16)13-5-12-9/h2-5H,1H3,(H2,11,12,13,14,16). The Hall–Kier alpha value is -2.77. The molecule has 0 saturated heterocycles. The van der Waals surface area contributed by atoms with Crippen LogP contribution in [0.1, 0.15) is 5.56 Å². The van der Waals surface area contributed by atoms with Crippen LogP contribution >= 0.6 is 0 Å². The van der Waals surface area contributed by atoms with Crippen LogP contribution in [0.5, 0.6) is 0 Å². The van der Waals surface area contributed by atoms with Crippen LogP contribution in [-0.2, 0) is 0 Å². The average molecular weight is 247 g/mol. The van der Waals surface area contributed by atoms with Gasteiger partial charge in [-0.25, -0.2) is 9.97 Å². The maximum atomic E-state index is 11.3. The molecule has 0 aliphatic rings. The number of rotatable bonds is 3. The maximum absolute atomic E-state index is 11.3. The number of hydrogen-bond acceptors (Lipinski definition) is 6. The minimum absolute atomic E-state index is 0.139. The van der Waals surface area contributed by atoms with Crippen molar-refractivity contribution in [2.45, 2.75) is 6.92 Å². The number of anilines is 2. The third kappa shape index (κ3) is 2.32. The first-order chi connectivity index (χ1) is 8.58. The van der Waals surface area contributed by atoms with Crippen molar-refractivity contribution in [2.75, 3.05) is 5.32 Å². The van der Waals surface area contributed by atoms with E-state index in [1.807, 2.05) is 6.92 Å². The third-order valence-electron chi connectivity index (χ3n) is 2.17. The van der Waals surface area contributed by atoms with E-state index in [0.29, 0.717) is 5.82 Å². The first-order valence-corrected chi connectivity index (χ1v) is 4.99. The van der Waals surface area contributed by atoms with Gasteiger partial charge in [-0.15, -0.1) is 0 Å². The molecule has 0 amide bonds. The molecule has 0 atom stereocenters. The van der Waals surface area contributed by atoms with Gasteiger partial charge >= 0.3 is 11.2 Å². The van der Waals surface area contributed by atoms with Gasteiger partial charge in [0, 0.05) is 6.20 Å². The highest BCUT2D eigenvalue weighted by Crippen LogP contribution is 2.19. The Bertz CT molecular complexity index is 635. The summed E-state index contributed by atoms with van der Waals surface area (Å²) < 4.78 is 0. The quantitative estimate of drug-likeness (QED) is 0.620. The van der Waals surface area contributed by atoms with Gasteiger partial charge in [0.1, 0.15) is 5.82 Å². The fourth-order valence-electron chi connectivity index (χ4n) is 1.32. The van der Waals surface area contributed by atoms with Gasteiger partial charge in [-0.1, -0.05) is 6.07 Å². The van der Waals surface area contributed by atoms with E-state index in [1.165, 1.54) is 0 Å². The first kappa shape index (κ1) is 11.7. The summed E-state index contributed by atoms with van der Waals surface area (Å²) in [7, 11) is 0. The van der Waals surface area contributed by atoms with Gasteiger partial charge in [0.15, 0.2) is 0 Å². The van der Waals surface area contributed by atoms with E-state index in [1.54, 1.807) is 18.3 Å². The molecule has 0 spiro atoms. The van der Waals surface area contributed by atoms with Crippen molar-refractivity contribution in [3.8, 4) is 0 Å². The number of aromatic amines is 1. The first-order valence-electron chi connectivity index (χ1n) is 4.99. The lowest BCUT2D eigenvalue weighted by atomic mass is 10.3. The summed E-state index contributed by atoms with van der Waals surface area (Å²) in [6, 6.07) is 3.43. The van der Waals surface area contributed by atoms with Crippen molar-refractivity contribution in [3.05, 3.63) is 50.7 Å². The minimum atomic E-state index is -0.815. The van der Waals surface area contributed by atoms with Crippen LogP contribution in [0.3, 0.4) is 0 Å². The van der Waals surface area contributed by atoms with Crippen molar-refractivity contribution in [2.24, 2.45) is 0 Å². The van der Waals surface area contributed by atoms with Crippen LogP contribution in [-0.4, -0.2) is 19.9 Å². The maximum Gasteiger partial charge on any atom is 0.376 e. The number of nitrogens with one attached hydrogen (secondary N) is 2. The summed E-state index contributed by atoms with van der Waals surface area (Å²) in [5, 5.41) is 13.4. The highest BCUT2D eigenvalue weighted by Gasteiger charge is 2.20. The highest BCUT2D eigenvalue weighted by molar-refractivity contribution is 5.61. The van der Waals surface area contributed by atoms with Gasteiger partial charge in [-0.05, 0) is 18.6 Å². The second-order valence-electron chi connectivity index (χ2n) is 3.53. The minimum Gasteiger partial charge on any atom is -0.319 e. The Balaban J connectivity index is 2.40. The lowest BCUT2D eigenvalue weighted by Crippen LogP contribution is -2.14. The molecule has 0 unspecified atom stereocenters. The number of pyridine rings is 1. The average Bonchev–Trinajstić information content (AvgIpc) is 2.32. The molecule has 0 fully saturated rings. The molecule has 0 saturated carbocycles. The number of aromatic nitrogens is 3. The van der Waals surface area contributed by atoms with Gasteiger partial charge in [0.05, 0.1) is 11.3 Å². The molecule has 8 nitrogen and oxygen atoms in total. The zero-order valence-corrected chi connectivity index (χ0v) is 9.38. The topological polar surface area (TPSA) is 114 Å². The smallest absolute Gasteiger partial charge is 0.319 e. The van der Waals surface area contributed by atoms with Crippen LogP contribution < -0.4 is 10.9 Å². The summed E-state index contributed by atoms with van der Waals surface area (Å²) >= 11 is 0. The number of aryl methyl sites for hydroxylation is 1. The van der Waals surface area contributed by atoms with Crippen LogP contribution in [0.25, 0.3) is 0 Å². The van der Waals surface area contributed by atoms with E-state index in [0.717, 1.165) is 11.9 Å². The van der Waals surface area contributed by atoms with Crippen LogP contribution in [0.15, 0.2) is 29.5 Å². The van der Waals surface area contributed by atoms with Crippen LogP contribution in [0.4, 0.5) is 17.3 Å². The van der Waals surface area contributed by atoms with Gasteiger partial charge in [0.25, 0.3) is 0 Å². The van der Waals surface area contributed by atoms with E-state index in [-0.39, 0.29) is 5.82 Å².